The molecule has 0 bridgehead atoms. The van der Waals surface area contributed by atoms with Crippen molar-refractivity contribution in [2.24, 2.45) is 0 Å². The first-order chi connectivity index (χ1) is 10.0. The maximum absolute atomic E-state index is 12.4. The van der Waals surface area contributed by atoms with Crippen LogP contribution in [0.25, 0.3) is 10.2 Å². The minimum absolute atomic E-state index is 0.163. The number of carbonyl (C=O) groups is 1. The van der Waals surface area contributed by atoms with Gasteiger partial charge in [-0.1, -0.05) is 0 Å². The van der Waals surface area contributed by atoms with Crippen LogP contribution in [-0.2, 0) is 0 Å². The highest BCUT2D eigenvalue weighted by Crippen LogP contribution is 2.23. The molecule has 0 saturated heterocycles. The van der Waals surface area contributed by atoms with Gasteiger partial charge in [-0.15, -0.1) is 11.3 Å². The summed E-state index contributed by atoms with van der Waals surface area (Å²) < 4.78 is 2.92. The van der Waals surface area contributed by atoms with E-state index in [4.69, 9.17) is 5.73 Å². The van der Waals surface area contributed by atoms with E-state index >= 15 is 0 Å². The van der Waals surface area contributed by atoms with Gasteiger partial charge in [0, 0.05) is 17.9 Å². The van der Waals surface area contributed by atoms with Crippen LogP contribution in [0.1, 0.15) is 30.4 Å². The fourth-order valence-corrected chi connectivity index (χ4v) is 2.95. The summed E-state index contributed by atoms with van der Waals surface area (Å²) in [6.07, 6.45) is 1.78. The normalized spacial score (nSPS) is 11.2. The number of rotatable bonds is 3. The van der Waals surface area contributed by atoms with Crippen LogP contribution < -0.4 is 11.1 Å². The Morgan fingerprint density at radius 1 is 1.38 bits per heavy atom. The Kier molecular flexibility index (Phi) is 3.39. The zero-order valence-electron chi connectivity index (χ0n) is 11.8. The molecule has 108 valence electrons. The molecule has 2 aromatic heterocycles. The Balaban J connectivity index is 1.88. The van der Waals surface area contributed by atoms with Crippen LogP contribution in [0.4, 0.5) is 11.4 Å². The maximum Gasteiger partial charge on any atom is 0.272 e. The van der Waals surface area contributed by atoms with Gasteiger partial charge in [0.1, 0.15) is 5.69 Å². The van der Waals surface area contributed by atoms with Gasteiger partial charge in [-0.25, -0.2) is 4.98 Å². The van der Waals surface area contributed by atoms with Crippen LogP contribution in [-0.4, -0.2) is 15.5 Å². The molecule has 0 atom stereocenters. The summed E-state index contributed by atoms with van der Waals surface area (Å²) in [6.45, 7) is 4.03. The molecule has 1 amide bonds. The molecule has 0 saturated carbocycles. The Morgan fingerprint density at radius 2 is 2.19 bits per heavy atom. The highest BCUT2D eigenvalue weighted by molar-refractivity contribution is 7.16. The Labute approximate surface area is 126 Å². The molecular weight excluding hydrogens is 284 g/mol. The number of carbonyl (C=O) groups excluding carboxylic acids is 1. The van der Waals surface area contributed by atoms with Gasteiger partial charge < -0.3 is 15.6 Å². The second kappa shape index (κ2) is 5.21. The minimum atomic E-state index is -0.163. The van der Waals surface area contributed by atoms with Gasteiger partial charge in [0.05, 0.1) is 21.4 Å². The Bertz CT molecular complexity index is 803. The molecule has 3 aromatic rings. The molecule has 0 aliphatic heterocycles. The van der Waals surface area contributed by atoms with E-state index in [1.54, 1.807) is 29.1 Å². The number of aromatic nitrogens is 2. The zero-order chi connectivity index (χ0) is 15.0. The van der Waals surface area contributed by atoms with E-state index in [0.29, 0.717) is 11.4 Å². The summed E-state index contributed by atoms with van der Waals surface area (Å²) in [7, 11) is 0. The molecule has 2 heterocycles. The van der Waals surface area contributed by atoms with Crippen molar-refractivity contribution in [1.82, 2.24) is 9.55 Å². The van der Waals surface area contributed by atoms with Crippen LogP contribution in [0.2, 0.25) is 0 Å². The third kappa shape index (κ3) is 2.62. The van der Waals surface area contributed by atoms with Crippen LogP contribution in [0.3, 0.4) is 0 Å². The van der Waals surface area contributed by atoms with Crippen molar-refractivity contribution in [3.8, 4) is 0 Å². The molecule has 0 radical (unpaired) electrons. The van der Waals surface area contributed by atoms with E-state index in [1.165, 1.54) is 0 Å². The number of anilines is 2. The first-order valence-corrected chi connectivity index (χ1v) is 7.54. The van der Waals surface area contributed by atoms with Gasteiger partial charge >= 0.3 is 0 Å². The Hall–Kier alpha value is -2.34. The molecule has 3 rings (SSSR count). The van der Waals surface area contributed by atoms with E-state index < -0.39 is 0 Å². The molecular formula is C15H16N4OS. The monoisotopic (exact) mass is 300 g/mol. The van der Waals surface area contributed by atoms with Crippen LogP contribution in [0.5, 0.6) is 0 Å². The molecule has 0 spiro atoms. The number of thiazole rings is 1. The summed E-state index contributed by atoms with van der Waals surface area (Å²) in [5, 5.41) is 2.91. The predicted molar refractivity (Wildman–Crippen MR) is 86.8 cm³/mol. The highest BCUT2D eigenvalue weighted by Gasteiger charge is 2.15. The van der Waals surface area contributed by atoms with Crippen LogP contribution in [0.15, 0.2) is 36.0 Å². The van der Waals surface area contributed by atoms with Crippen LogP contribution in [0, 0.1) is 0 Å². The number of amides is 1. The number of fused-ring (bicyclic) bond motifs is 1. The number of nitrogens with zero attached hydrogens (tertiary/aromatic N) is 2. The van der Waals surface area contributed by atoms with Crippen molar-refractivity contribution in [1.29, 1.82) is 0 Å². The summed E-state index contributed by atoms with van der Waals surface area (Å²) in [6, 6.07) is 7.55. The smallest absolute Gasteiger partial charge is 0.272 e. The zero-order valence-corrected chi connectivity index (χ0v) is 12.6. The SMILES string of the molecule is CC(C)n1cc(N)cc1C(=O)Nc1ccc2ncsc2c1. The van der Waals surface area contributed by atoms with Crippen molar-refractivity contribution in [3.63, 3.8) is 0 Å². The van der Waals surface area contributed by atoms with E-state index in [0.717, 1.165) is 15.9 Å². The average Bonchev–Trinajstić information content (AvgIpc) is 3.04. The molecule has 3 N–H and O–H groups in total. The Morgan fingerprint density at radius 3 is 2.95 bits per heavy atom. The quantitative estimate of drug-likeness (QED) is 0.777. The van der Waals surface area contributed by atoms with Crippen molar-refractivity contribution >= 4 is 38.8 Å². The number of nitrogens with one attached hydrogen (secondary N) is 1. The average molecular weight is 300 g/mol. The second-order valence-electron chi connectivity index (χ2n) is 5.15. The summed E-state index contributed by atoms with van der Waals surface area (Å²) in [5.74, 6) is -0.163. The molecule has 0 aliphatic carbocycles. The summed E-state index contributed by atoms with van der Waals surface area (Å²) in [4.78, 5) is 16.7. The lowest BCUT2D eigenvalue weighted by Gasteiger charge is -2.12. The largest absolute Gasteiger partial charge is 0.397 e. The predicted octanol–water partition coefficient (Wildman–Crippen LogP) is 3.51. The van der Waals surface area contributed by atoms with E-state index in [1.807, 2.05) is 36.6 Å². The molecule has 0 fully saturated rings. The number of hydrogen-bond donors (Lipinski definition) is 2. The van der Waals surface area contributed by atoms with Crippen molar-refractivity contribution in [3.05, 3.63) is 41.7 Å². The van der Waals surface area contributed by atoms with Gasteiger partial charge in [0.15, 0.2) is 0 Å². The van der Waals surface area contributed by atoms with E-state index in [-0.39, 0.29) is 11.9 Å². The second-order valence-corrected chi connectivity index (χ2v) is 6.04. The fraction of sp³-hybridized carbons (Fsp3) is 0.200. The summed E-state index contributed by atoms with van der Waals surface area (Å²) in [5.41, 5.74) is 10.4. The van der Waals surface area contributed by atoms with Crippen LogP contribution >= 0.6 is 11.3 Å². The van der Waals surface area contributed by atoms with E-state index in [9.17, 15) is 4.79 Å². The fourth-order valence-electron chi connectivity index (χ4n) is 2.24. The van der Waals surface area contributed by atoms with Crippen molar-refractivity contribution < 1.29 is 4.79 Å². The van der Waals surface area contributed by atoms with Gasteiger partial charge in [-0.05, 0) is 38.1 Å². The number of nitrogen functional groups attached to an aromatic ring is 1. The van der Waals surface area contributed by atoms with Crippen molar-refractivity contribution in [2.75, 3.05) is 11.1 Å². The lowest BCUT2D eigenvalue weighted by atomic mass is 10.2. The maximum atomic E-state index is 12.4. The highest BCUT2D eigenvalue weighted by atomic mass is 32.1. The number of nitrogens with two attached hydrogens (primary N) is 1. The molecule has 0 aliphatic rings. The molecule has 6 heteroatoms. The van der Waals surface area contributed by atoms with Gasteiger partial charge in [-0.3, -0.25) is 4.79 Å². The molecule has 21 heavy (non-hydrogen) atoms. The molecule has 0 unspecified atom stereocenters. The van der Waals surface area contributed by atoms with E-state index in [2.05, 4.69) is 10.3 Å². The van der Waals surface area contributed by atoms with Gasteiger partial charge in [0.25, 0.3) is 5.91 Å². The summed E-state index contributed by atoms with van der Waals surface area (Å²) >= 11 is 1.55. The van der Waals surface area contributed by atoms with Gasteiger partial charge in [0.2, 0.25) is 0 Å². The third-order valence-electron chi connectivity index (χ3n) is 3.25. The topological polar surface area (TPSA) is 72.9 Å². The standard InChI is InChI=1S/C15H16N4OS/c1-9(2)19-7-10(16)5-13(19)15(20)18-11-3-4-12-14(6-11)21-8-17-12/h3-9H,16H2,1-2H3,(H,18,20). The minimum Gasteiger partial charge on any atom is -0.397 e. The molecule has 1 aromatic carbocycles. The first-order valence-electron chi connectivity index (χ1n) is 6.66. The molecule has 5 nitrogen and oxygen atoms in total. The first kappa shape index (κ1) is 13.6. The number of benzene rings is 1. The third-order valence-corrected chi connectivity index (χ3v) is 4.04. The lowest BCUT2D eigenvalue weighted by Crippen LogP contribution is -2.17. The van der Waals surface area contributed by atoms with Crippen molar-refractivity contribution in [2.45, 2.75) is 19.9 Å². The number of hydrogen-bond acceptors (Lipinski definition) is 4. The lowest BCUT2D eigenvalue weighted by molar-refractivity contribution is 0.101. The van der Waals surface area contributed by atoms with Gasteiger partial charge in [-0.2, -0.15) is 0 Å².